The van der Waals surface area contributed by atoms with Crippen LogP contribution in [0.4, 0.5) is 17.3 Å². The van der Waals surface area contributed by atoms with Crippen LogP contribution in [0.3, 0.4) is 0 Å². The summed E-state index contributed by atoms with van der Waals surface area (Å²) in [7, 11) is 0. The molecule has 5 N–H and O–H groups in total. The summed E-state index contributed by atoms with van der Waals surface area (Å²) < 4.78 is 0. The summed E-state index contributed by atoms with van der Waals surface area (Å²) in [5.74, 6) is -1.15. The number of allylic oxidation sites excluding steroid dienone is 1. The molecule has 0 radical (unpaired) electrons. The van der Waals surface area contributed by atoms with Crippen molar-refractivity contribution in [1.29, 1.82) is 5.41 Å². The van der Waals surface area contributed by atoms with Gasteiger partial charge in [-0.1, -0.05) is 0 Å². The van der Waals surface area contributed by atoms with Gasteiger partial charge in [0.15, 0.2) is 0 Å². The minimum absolute atomic E-state index is 0.0106. The predicted molar refractivity (Wildman–Crippen MR) is 74.7 cm³/mol. The Balaban J connectivity index is 2.28. The van der Waals surface area contributed by atoms with Gasteiger partial charge < -0.3 is 5.73 Å². The third kappa shape index (κ3) is 2.77. The smallest absolute Gasteiger partial charge is 0.354 e. The molecule has 1 aliphatic heterocycles. The van der Waals surface area contributed by atoms with E-state index in [0.29, 0.717) is 0 Å². The van der Waals surface area contributed by atoms with Crippen molar-refractivity contribution >= 4 is 29.4 Å². The quantitative estimate of drug-likeness (QED) is 0.420. The van der Waals surface area contributed by atoms with Crippen LogP contribution in [0.5, 0.6) is 0 Å². The molecular weight excluding hydrogens is 298 g/mol. The van der Waals surface area contributed by atoms with Crippen LogP contribution in [0.25, 0.3) is 0 Å². The molecule has 13 heteroatoms. The molecule has 0 saturated heterocycles. The van der Waals surface area contributed by atoms with E-state index in [4.69, 9.17) is 11.1 Å². The lowest BCUT2D eigenvalue weighted by Crippen LogP contribution is -2.29. The van der Waals surface area contributed by atoms with Gasteiger partial charge in [0.2, 0.25) is 17.5 Å². The fourth-order valence-corrected chi connectivity index (χ4v) is 1.63. The van der Waals surface area contributed by atoms with Crippen molar-refractivity contribution in [3.05, 3.63) is 38.0 Å². The number of nitro groups is 2. The second kappa shape index (κ2) is 5.78. The lowest BCUT2D eigenvalue weighted by molar-refractivity contribution is -0.416. The van der Waals surface area contributed by atoms with Crippen LogP contribution in [0.2, 0.25) is 0 Å². The van der Waals surface area contributed by atoms with Crippen LogP contribution in [-0.4, -0.2) is 31.9 Å². The highest BCUT2D eigenvalue weighted by molar-refractivity contribution is 6.01. The summed E-state index contributed by atoms with van der Waals surface area (Å²) in [5, 5.41) is 29.3. The number of dihydropyridines is 1. The van der Waals surface area contributed by atoms with E-state index in [9.17, 15) is 20.2 Å². The first-order chi connectivity index (χ1) is 10.4. The maximum Gasteiger partial charge on any atom is 0.354 e. The van der Waals surface area contributed by atoms with Gasteiger partial charge >= 0.3 is 11.4 Å². The molecule has 0 saturated carbocycles. The van der Waals surface area contributed by atoms with Gasteiger partial charge in [0.05, 0.1) is 9.85 Å². The number of nitrogens with one attached hydrogen (secondary N) is 3. The minimum atomic E-state index is -0.785. The normalized spacial score (nSPS) is 13.9. The van der Waals surface area contributed by atoms with E-state index in [2.05, 4.69) is 25.8 Å². The first-order valence-electron chi connectivity index (χ1n) is 5.67. The van der Waals surface area contributed by atoms with Crippen molar-refractivity contribution < 1.29 is 9.85 Å². The maximum absolute atomic E-state index is 10.9. The monoisotopic (exact) mass is 307 g/mol. The molecule has 0 bridgehead atoms. The van der Waals surface area contributed by atoms with Crippen molar-refractivity contribution in [2.45, 2.75) is 6.42 Å². The molecule has 0 spiro atoms. The van der Waals surface area contributed by atoms with Crippen molar-refractivity contribution in [3.63, 3.8) is 0 Å². The number of amidine groups is 1. The molecule has 1 aromatic heterocycles. The average molecular weight is 307 g/mol. The lowest BCUT2D eigenvalue weighted by atomic mass is 10.2. The Morgan fingerprint density at radius 2 is 1.95 bits per heavy atom. The van der Waals surface area contributed by atoms with Gasteiger partial charge in [0.25, 0.3) is 0 Å². The highest BCUT2D eigenvalue weighted by Gasteiger charge is 2.27. The number of nitrogens with two attached hydrogens (primary N) is 1. The standard InChI is InChI=1S/C9H9N9O4/c10-7-5(17(19)20)4(1-2-12-7)15-16-9-6(18(21)22)8(11)13-3-14-9/h2-3,10,15H,1H2,(H3,11,13,14,16). The number of nitrogen functional groups attached to an aromatic ring is 1. The number of nitrogens with zero attached hydrogens (tertiary/aromatic N) is 5. The Bertz CT molecular complexity index is 726. The molecule has 0 aromatic carbocycles. The number of anilines is 2. The van der Waals surface area contributed by atoms with E-state index in [-0.39, 0.29) is 23.8 Å². The molecule has 22 heavy (non-hydrogen) atoms. The SMILES string of the molecule is N=C1N=CCC(NNc2ncnc(N)c2[N+](=O)[O-])=C1[N+](=O)[O-]. The Hall–Kier alpha value is -3.64. The van der Waals surface area contributed by atoms with E-state index in [0.717, 1.165) is 6.33 Å². The van der Waals surface area contributed by atoms with Crippen molar-refractivity contribution in [2.24, 2.45) is 4.99 Å². The Kier molecular flexibility index (Phi) is 3.88. The molecule has 13 nitrogen and oxygen atoms in total. The molecule has 0 aliphatic carbocycles. The average Bonchev–Trinajstić information content (AvgIpc) is 2.44. The molecule has 1 aromatic rings. The van der Waals surface area contributed by atoms with E-state index in [1.807, 2.05) is 0 Å². The molecule has 0 unspecified atom stereocenters. The molecule has 0 fully saturated rings. The molecule has 2 heterocycles. The van der Waals surface area contributed by atoms with E-state index in [1.54, 1.807) is 0 Å². The van der Waals surface area contributed by atoms with E-state index < -0.39 is 27.1 Å². The number of rotatable bonds is 5. The summed E-state index contributed by atoms with van der Waals surface area (Å²) in [6.07, 6.45) is 2.33. The largest absolute Gasteiger partial charge is 0.378 e. The molecule has 114 valence electrons. The highest BCUT2D eigenvalue weighted by Crippen LogP contribution is 2.26. The second-order valence-corrected chi connectivity index (χ2v) is 3.91. The van der Waals surface area contributed by atoms with E-state index >= 15 is 0 Å². The fraction of sp³-hybridized carbons (Fsp3) is 0.111. The number of hydrogen-bond acceptors (Lipinski definition) is 10. The molecule has 1 aliphatic rings. The van der Waals surface area contributed by atoms with Crippen molar-refractivity contribution in [3.8, 4) is 0 Å². The van der Waals surface area contributed by atoms with Gasteiger partial charge in [-0.3, -0.25) is 36.5 Å². The Morgan fingerprint density at radius 1 is 1.23 bits per heavy atom. The first kappa shape index (κ1) is 14.8. The highest BCUT2D eigenvalue weighted by atomic mass is 16.6. The van der Waals surface area contributed by atoms with Crippen LogP contribution >= 0.6 is 0 Å². The topological polar surface area (TPSA) is 198 Å². The molecule has 2 rings (SSSR count). The van der Waals surface area contributed by atoms with Crippen LogP contribution in [0.1, 0.15) is 6.42 Å². The molecular formula is C9H9N9O4. The molecule has 0 atom stereocenters. The summed E-state index contributed by atoms with van der Waals surface area (Å²) in [5.41, 5.74) is 9.08. The van der Waals surface area contributed by atoms with Gasteiger partial charge in [0, 0.05) is 12.6 Å². The number of aliphatic imine (C=N–C) groups is 1. The summed E-state index contributed by atoms with van der Waals surface area (Å²) in [6, 6.07) is 0. The number of hydrazine groups is 1. The van der Waals surface area contributed by atoms with Crippen LogP contribution < -0.4 is 16.6 Å². The van der Waals surface area contributed by atoms with Gasteiger partial charge in [-0.15, -0.1) is 0 Å². The predicted octanol–water partition coefficient (Wildman–Crippen LogP) is -0.176. The maximum atomic E-state index is 10.9. The number of hydrogen-bond donors (Lipinski definition) is 4. The fourth-order valence-electron chi connectivity index (χ4n) is 1.63. The minimum Gasteiger partial charge on any atom is -0.378 e. The third-order valence-electron chi connectivity index (χ3n) is 2.57. The van der Waals surface area contributed by atoms with Crippen molar-refractivity contribution in [1.82, 2.24) is 15.4 Å². The zero-order valence-corrected chi connectivity index (χ0v) is 10.8. The van der Waals surface area contributed by atoms with Gasteiger partial charge in [0.1, 0.15) is 12.0 Å². The van der Waals surface area contributed by atoms with Crippen LogP contribution in [0, 0.1) is 25.6 Å². The first-order valence-corrected chi connectivity index (χ1v) is 5.67. The summed E-state index contributed by atoms with van der Waals surface area (Å²) >= 11 is 0. The van der Waals surface area contributed by atoms with Gasteiger partial charge in [-0.05, 0) is 0 Å². The van der Waals surface area contributed by atoms with Crippen molar-refractivity contribution in [2.75, 3.05) is 11.2 Å². The third-order valence-corrected chi connectivity index (χ3v) is 2.57. The zero-order valence-electron chi connectivity index (χ0n) is 10.8. The number of aromatic nitrogens is 2. The van der Waals surface area contributed by atoms with Gasteiger partial charge in [-0.25, -0.2) is 15.0 Å². The Labute approximate surface area is 121 Å². The second-order valence-electron chi connectivity index (χ2n) is 3.91. The zero-order chi connectivity index (χ0) is 16.3. The summed E-state index contributed by atoms with van der Waals surface area (Å²) in [6.45, 7) is 0. The molecule has 0 amide bonds. The summed E-state index contributed by atoms with van der Waals surface area (Å²) in [4.78, 5) is 31.0. The lowest BCUT2D eigenvalue weighted by Gasteiger charge is -2.13. The Morgan fingerprint density at radius 3 is 2.59 bits per heavy atom. The van der Waals surface area contributed by atoms with Crippen LogP contribution in [-0.2, 0) is 0 Å². The van der Waals surface area contributed by atoms with E-state index in [1.165, 1.54) is 6.21 Å². The van der Waals surface area contributed by atoms with Crippen LogP contribution in [0.15, 0.2) is 22.7 Å². The van der Waals surface area contributed by atoms with Gasteiger partial charge in [-0.2, -0.15) is 0 Å².